The number of thiophene rings is 1. The predicted octanol–water partition coefficient (Wildman–Crippen LogP) is 15.6. The molecule has 3 heteroatoms. The molecule has 55 heavy (non-hydrogen) atoms. The molecule has 0 spiro atoms. The Hall–Kier alpha value is -6.94. The first kappa shape index (κ1) is 31.6. The lowest BCUT2D eigenvalue weighted by atomic mass is 9.89. The molecule has 11 aromatic rings. The molecule has 0 atom stereocenters. The van der Waals surface area contributed by atoms with E-state index in [2.05, 4.69) is 193 Å². The summed E-state index contributed by atoms with van der Waals surface area (Å²) >= 11 is 1.88. The Balaban J connectivity index is 1.12. The predicted molar refractivity (Wildman–Crippen MR) is 235 cm³/mol. The van der Waals surface area contributed by atoms with Gasteiger partial charge in [0.1, 0.15) is 5.58 Å². The molecular weight excluding hydrogens is 687 g/mol. The molecule has 0 saturated carbocycles. The van der Waals surface area contributed by atoms with Crippen LogP contribution in [0.1, 0.15) is 0 Å². The summed E-state index contributed by atoms with van der Waals surface area (Å²) in [5.41, 5.74) is 12.2. The van der Waals surface area contributed by atoms with E-state index in [0.717, 1.165) is 44.4 Å². The summed E-state index contributed by atoms with van der Waals surface area (Å²) in [5, 5.41) is 7.20. The zero-order valence-corrected chi connectivity index (χ0v) is 30.6. The second-order valence-corrected chi connectivity index (χ2v) is 15.1. The summed E-state index contributed by atoms with van der Waals surface area (Å²) in [6.07, 6.45) is 0. The van der Waals surface area contributed by atoms with E-state index in [4.69, 9.17) is 4.42 Å². The van der Waals surface area contributed by atoms with E-state index >= 15 is 0 Å². The van der Waals surface area contributed by atoms with Crippen molar-refractivity contribution in [2.24, 2.45) is 0 Å². The van der Waals surface area contributed by atoms with Crippen molar-refractivity contribution < 1.29 is 4.42 Å². The molecule has 0 aliphatic rings. The summed E-state index contributed by atoms with van der Waals surface area (Å²) in [7, 11) is 0. The highest BCUT2D eigenvalue weighted by atomic mass is 32.1. The van der Waals surface area contributed by atoms with Gasteiger partial charge in [-0.15, -0.1) is 11.3 Å². The first-order valence-corrected chi connectivity index (χ1v) is 19.5. The van der Waals surface area contributed by atoms with Gasteiger partial charge < -0.3 is 9.32 Å². The Morgan fingerprint density at radius 3 is 1.87 bits per heavy atom. The highest BCUT2D eigenvalue weighted by Crippen LogP contribution is 2.47. The summed E-state index contributed by atoms with van der Waals surface area (Å²) in [6, 6.07) is 72.1. The Kier molecular flexibility index (Phi) is 7.39. The second kappa shape index (κ2) is 12.9. The summed E-state index contributed by atoms with van der Waals surface area (Å²) < 4.78 is 9.26. The first-order valence-electron chi connectivity index (χ1n) is 18.7. The lowest BCUT2D eigenvalue weighted by Crippen LogP contribution is -2.10. The zero-order chi connectivity index (χ0) is 36.3. The van der Waals surface area contributed by atoms with Gasteiger partial charge in [-0.05, 0) is 75.7 Å². The minimum absolute atomic E-state index is 0.873. The van der Waals surface area contributed by atoms with E-state index in [1.54, 1.807) is 0 Å². The minimum Gasteiger partial charge on any atom is -0.454 e. The topological polar surface area (TPSA) is 16.4 Å². The van der Waals surface area contributed by atoms with Crippen LogP contribution in [0.2, 0.25) is 0 Å². The van der Waals surface area contributed by atoms with Gasteiger partial charge in [0, 0.05) is 47.6 Å². The van der Waals surface area contributed by atoms with Crippen LogP contribution in [0.25, 0.3) is 86.3 Å². The molecule has 0 aliphatic heterocycles. The largest absolute Gasteiger partial charge is 0.454 e. The van der Waals surface area contributed by atoms with Gasteiger partial charge in [-0.2, -0.15) is 0 Å². The number of hydrogen-bond acceptors (Lipinski definition) is 3. The summed E-state index contributed by atoms with van der Waals surface area (Å²) in [5.74, 6) is 0. The number of hydrogen-bond donors (Lipinski definition) is 0. The van der Waals surface area contributed by atoms with Crippen molar-refractivity contribution in [1.82, 2.24) is 0 Å². The molecule has 0 N–H and O–H groups in total. The summed E-state index contributed by atoms with van der Waals surface area (Å²) in [4.78, 5) is 2.35. The van der Waals surface area contributed by atoms with E-state index in [0.29, 0.717) is 0 Å². The molecule has 0 radical (unpaired) electrons. The van der Waals surface area contributed by atoms with Crippen molar-refractivity contribution in [3.63, 3.8) is 0 Å². The summed E-state index contributed by atoms with van der Waals surface area (Å²) in [6.45, 7) is 0. The van der Waals surface area contributed by atoms with Gasteiger partial charge in [0.15, 0.2) is 5.58 Å². The molecule has 2 nitrogen and oxygen atoms in total. The van der Waals surface area contributed by atoms with Crippen LogP contribution >= 0.6 is 11.3 Å². The maximum absolute atomic E-state index is 6.62. The fourth-order valence-corrected chi connectivity index (χ4v) is 9.62. The maximum atomic E-state index is 6.62. The third kappa shape index (κ3) is 5.16. The third-order valence-corrected chi connectivity index (χ3v) is 12.1. The van der Waals surface area contributed by atoms with Gasteiger partial charge >= 0.3 is 0 Å². The average Bonchev–Trinajstić information content (AvgIpc) is 3.84. The average molecular weight is 720 g/mol. The van der Waals surface area contributed by atoms with Crippen LogP contribution in [-0.4, -0.2) is 0 Å². The molecule has 0 amide bonds. The molecule has 9 aromatic carbocycles. The van der Waals surface area contributed by atoms with Crippen molar-refractivity contribution in [1.29, 1.82) is 0 Å². The van der Waals surface area contributed by atoms with E-state index in [-0.39, 0.29) is 0 Å². The number of rotatable bonds is 6. The zero-order valence-electron chi connectivity index (χ0n) is 29.8. The molecule has 0 saturated heterocycles. The first-order chi connectivity index (χ1) is 27.3. The van der Waals surface area contributed by atoms with Crippen LogP contribution in [0.3, 0.4) is 0 Å². The monoisotopic (exact) mass is 719 g/mol. The van der Waals surface area contributed by atoms with Crippen molar-refractivity contribution in [3.05, 3.63) is 200 Å². The Morgan fingerprint density at radius 1 is 0.364 bits per heavy atom. The third-order valence-electron chi connectivity index (χ3n) is 10.9. The van der Waals surface area contributed by atoms with Crippen LogP contribution in [-0.2, 0) is 0 Å². The molecule has 258 valence electrons. The number of furan rings is 1. The van der Waals surface area contributed by atoms with Crippen LogP contribution in [0.5, 0.6) is 0 Å². The van der Waals surface area contributed by atoms with Gasteiger partial charge in [0.2, 0.25) is 0 Å². The normalized spacial score (nSPS) is 11.6. The van der Waals surface area contributed by atoms with Gasteiger partial charge in [-0.3, -0.25) is 0 Å². The molecule has 0 aliphatic carbocycles. The Morgan fingerprint density at radius 2 is 1.02 bits per heavy atom. The SMILES string of the molecule is c1ccc(-c2cc(-c3ccc(N(c4ccccc4)c4cccc5c4oc4ccccc45)c4ccccc34)ccc2-c2cccc3c2sc2ccccc23)cc1. The Bertz CT molecular complexity index is 3210. The standard InChI is InChI=1S/C52H33NOS/c1-3-15-34(16-4-1)46-33-35(29-30-39(46)44-24-13-25-45-42-22-10-12-28-50(42)55-52(44)45)37-31-32-47(40-20-8-7-19-38(37)40)53(36-17-5-2-6-18-36)48-26-14-23-43-41-21-9-11-27-49(41)54-51(43)48/h1-33H. The van der Waals surface area contributed by atoms with Crippen LogP contribution in [0, 0.1) is 0 Å². The highest BCUT2D eigenvalue weighted by Gasteiger charge is 2.22. The molecule has 11 rings (SSSR count). The number of para-hydroxylation sites is 3. The number of fused-ring (bicyclic) bond motifs is 7. The molecule has 2 aromatic heterocycles. The van der Waals surface area contributed by atoms with E-state index < -0.39 is 0 Å². The van der Waals surface area contributed by atoms with Gasteiger partial charge in [-0.1, -0.05) is 158 Å². The fourth-order valence-electron chi connectivity index (χ4n) is 8.39. The van der Waals surface area contributed by atoms with E-state index in [1.807, 2.05) is 23.5 Å². The van der Waals surface area contributed by atoms with E-state index in [1.165, 1.54) is 58.9 Å². The van der Waals surface area contributed by atoms with E-state index in [9.17, 15) is 0 Å². The lowest BCUT2D eigenvalue weighted by Gasteiger charge is -2.27. The lowest BCUT2D eigenvalue weighted by molar-refractivity contribution is 0.669. The van der Waals surface area contributed by atoms with Crippen molar-refractivity contribution in [2.75, 3.05) is 4.90 Å². The highest BCUT2D eigenvalue weighted by molar-refractivity contribution is 7.26. The van der Waals surface area contributed by atoms with Crippen LogP contribution in [0.15, 0.2) is 205 Å². The second-order valence-electron chi connectivity index (χ2n) is 14.0. The maximum Gasteiger partial charge on any atom is 0.159 e. The number of anilines is 3. The quantitative estimate of drug-likeness (QED) is 0.170. The fraction of sp³-hybridized carbons (Fsp3) is 0. The number of nitrogens with zero attached hydrogens (tertiary/aromatic N) is 1. The smallest absolute Gasteiger partial charge is 0.159 e. The van der Waals surface area contributed by atoms with Crippen molar-refractivity contribution >= 4 is 81.3 Å². The molecular formula is C52H33NOS. The van der Waals surface area contributed by atoms with Crippen molar-refractivity contribution in [3.8, 4) is 33.4 Å². The molecule has 2 heterocycles. The molecule has 0 fully saturated rings. The van der Waals surface area contributed by atoms with Gasteiger partial charge in [0.25, 0.3) is 0 Å². The van der Waals surface area contributed by atoms with Gasteiger partial charge in [0.05, 0.1) is 11.4 Å². The van der Waals surface area contributed by atoms with Crippen LogP contribution < -0.4 is 4.90 Å². The molecule has 0 unspecified atom stereocenters. The van der Waals surface area contributed by atoms with Crippen molar-refractivity contribution in [2.45, 2.75) is 0 Å². The Labute approximate surface area is 322 Å². The van der Waals surface area contributed by atoms with Gasteiger partial charge in [-0.25, -0.2) is 0 Å². The van der Waals surface area contributed by atoms with Crippen LogP contribution in [0.4, 0.5) is 17.1 Å². The number of benzene rings is 9. The minimum atomic E-state index is 0.873. The molecule has 0 bridgehead atoms.